The first-order valence-electron chi connectivity index (χ1n) is 6.61. The first-order chi connectivity index (χ1) is 8.70. The van der Waals surface area contributed by atoms with Crippen LogP contribution in [0.3, 0.4) is 0 Å². The minimum Gasteiger partial charge on any atom is -0.356 e. The summed E-state index contributed by atoms with van der Waals surface area (Å²) in [5, 5.41) is 4.00. The number of nitrogens with one attached hydrogen (secondary N) is 1. The molecular formula is C15H20BrNO. The van der Waals surface area contributed by atoms with Crippen LogP contribution in [-0.2, 0) is 17.6 Å². The monoisotopic (exact) mass is 309 g/mol. The lowest BCUT2D eigenvalue weighted by Gasteiger charge is -2.24. The number of aryl methyl sites for hydroxylation is 1. The number of hydrogen-bond donors (Lipinski definition) is 1. The summed E-state index contributed by atoms with van der Waals surface area (Å²) >= 11 is 3.43. The van der Waals surface area contributed by atoms with Gasteiger partial charge in [0.05, 0.1) is 0 Å². The van der Waals surface area contributed by atoms with E-state index in [1.165, 1.54) is 11.1 Å². The Morgan fingerprint density at radius 2 is 2.17 bits per heavy atom. The number of rotatable bonds is 4. The SMILES string of the molecule is CC(CBr)CNC(=O)C1CCc2ccccc2C1. The van der Waals surface area contributed by atoms with Crippen LogP contribution in [0.1, 0.15) is 24.5 Å². The van der Waals surface area contributed by atoms with Gasteiger partial charge in [-0.15, -0.1) is 0 Å². The Morgan fingerprint density at radius 3 is 2.89 bits per heavy atom. The number of halogens is 1. The molecule has 18 heavy (non-hydrogen) atoms. The van der Waals surface area contributed by atoms with Gasteiger partial charge in [0.15, 0.2) is 0 Å². The number of amides is 1. The molecule has 1 aliphatic rings. The summed E-state index contributed by atoms with van der Waals surface area (Å²) in [7, 11) is 0. The first kappa shape index (κ1) is 13.6. The van der Waals surface area contributed by atoms with Crippen LogP contribution in [0, 0.1) is 11.8 Å². The molecule has 0 aromatic heterocycles. The van der Waals surface area contributed by atoms with Crippen molar-refractivity contribution < 1.29 is 4.79 Å². The molecule has 2 rings (SSSR count). The lowest BCUT2D eigenvalue weighted by Crippen LogP contribution is -2.36. The number of carbonyl (C=O) groups excluding carboxylic acids is 1. The first-order valence-corrected chi connectivity index (χ1v) is 7.73. The standard InChI is InChI=1S/C15H20BrNO/c1-11(9-16)10-17-15(18)14-7-6-12-4-2-3-5-13(12)8-14/h2-5,11,14H,6-10H2,1H3,(H,17,18). The molecule has 1 aliphatic carbocycles. The molecule has 3 heteroatoms. The van der Waals surface area contributed by atoms with Crippen LogP contribution in [0.15, 0.2) is 24.3 Å². The van der Waals surface area contributed by atoms with E-state index in [0.29, 0.717) is 5.92 Å². The van der Waals surface area contributed by atoms with Crippen molar-refractivity contribution in [2.24, 2.45) is 11.8 Å². The van der Waals surface area contributed by atoms with Crippen LogP contribution in [0.25, 0.3) is 0 Å². The Balaban J connectivity index is 1.90. The van der Waals surface area contributed by atoms with E-state index in [-0.39, 0.29) is 11.8 Å². The molecule has 1 aromatic rings. The van der Waals surface area contributed by atoms with Gasteiger partial charge in [0, 0.05) is 17.8 Å². The third-order valence-electron chi connectivity index (χ3n) is 3.61. The molecule has 0 bridgehead atoms. The summed E-state index contributed by atoms with van der Waals surface area (Å²) in [5.74, 6) is 0.865. The molecule has 0 aliphatic heterocycles. The number of benzene rings is 1. The second kappa shape index (κ2) is 6.37. The van der Waals surface area contributed by atoms with E-state index in [0.717, 1.165) is 31.1 Å². The summed E-state index contributed by atoms with van der Waals surface area (Å²) in [4.78, 5) is 12.1. The van der Waals surface area contributed by atoms with Crippen LogP contribution in [0.5, 0.6) is 0 Å². The third-order valence-corrected chi connectivity index (χ3v) is 4.71. The minimum atomic E-state index is 0.155. The average molecular weight is 310 g/mol. The van der Waals surface area contributed by atoms with Crippen LogP contribution in [0.4, 0.5) is 0 Å². The van der Waals surface area contributed by atoms with E-state index in [1.807, 2.05) is 0 Å². The highest BCUT2D eigenvalue weighted by Gasteiger charge is 2.24. The zero-order valence-electron chi connectivity index (χ0n) is 10.8. The fourth-order valence-electron chi connectivity index (χ4n) is 2.40. The van der Waals surface area contributed by atoms with Crippen molar-refractivity contribution in [2.45, 2.75) is 26.2 Å². The summed E-state index contributed by atoms with van der Waals surface area (Å²) in [6.07, 6.45) is 2.90. The van der Waals surface area contributed by atoms with E-state index in [9.17, 15) is 4.79 Å². The Bertz CT molecular complexity index is 419. The van der Waals surface area contributed by atoms with Gasteiger partial charge in [-0.25, -0.2) is 0 Å². The Morgan fingerprint density at radius 1 is 1.44 bits per heavy atom. The molecule has 1 amide bonds. The summed E-state index contributed by atoms with van der Waals surface area (Å²) < 4.78 is 0. The van der Waals surface area contributed by atoms with Gasteiger partial charge >= 0.3 is 0 Å². The maximum absolute atomic E-state index is 12.1. The van der Waals surface area contributed by atoms with Gasteiger partial charge in [-0.2, -0.15) is 0 Å². The molecule has 98 valence electrons. The largest absolute Gasteiger partial charge is 0.356 e. The van der Waals surface area contributed by atoms with Gasteiger partial charge in [-0.3, -0.25) is 4.79 Å². The molecule has 0 spiro atoms. The van der Waals surface area contributed by atoms with Gasteiger partial charge in [-0.1, -0.05) is 47.1 Å². The normalized spacial score (nSPS) is 20.0. The highest BCUT2D eigenvalue weighted by Crippen LogP contribution is 2.25. The van der Waals surface area contributed by atoms with E-state index in [4.69, 9.17) is 0 Å². The van der Waals surface area contributed by atoms with Crippen molar-refractivity contribution in [1.82, 2.24) is 5.32 Å². The second-order valence-corrected chi connectivity index (χ2v) is 5.86. The summed E-state index contributed by atoms with van der Waals surface area (Å²) in [6, 6.07) is 8.47. The van der Waals surface area contributed by atoms with Gasteiger partial charge in [0.1, 0.15) is 0 Å². The maximum atomic E-state index is 12.1. The van der Waals surface area contributed by atoms with Crippen molar-refractivity contribution in [1.29, 1.82) is 0 Å². The van der Waals surface area contributed by atoms with E-state index in [2.05, 4.69) is 52.4 Å². The Hall–Kier alpha value is -0.830. The molecule has 0 saturated heterocycles. The van der Waals surface area contributed by atoms with Crippen LogP contribution in [-0.4, -0.2) is 17.8 Å². The van der Waals surface area contributed by atoms with Gasteiger partial charge < -0.3 is 5.32 Å². The fraction of sp³-hybridized carbons (Fsp3) is 0.533. The minimum absolute atomic E-state index is 0.155. The molecule has 1 aromatic carbocycles. The molecular weight excluding hydrogens is 290 g/mol. The number of fused-ring (bicyclic) bond motifs is 1. The summed E-state index contributed by atoms with van der Waals surface area (Å²) in [5.41, 5.74) is 2.76. The molecule has 1 N–H and O–H groups in total. The lowest BCUT2D eigenvalue weighted by molar-refractivity contribution is -0.125. The second-order valence-electron chi connectivity index (χ2n) is 5.21. The zero-order chi connectivity index (χ0) is 13.0. The van der Waals surface area contributed by atoms with Crippen molar-refractivity contribution in [3.63, 3.8) is 0 Å². The molecule has 2 unspecified atom stereocenters. The van der Waals surface area contributed by atoms with Crippen molar-refractivity contribution >= 4 is 21.8 Å². The lowest BCUT2D eigenvalue weighted by atomic mass is 9.83. The van der Waals surface area contributed by atoms with Gasteiger partial charge in [0.25, 0.3) is 0 Å². The molecule has 2 nitrogen and oxygen atoms in total. The number of carbonyl (C=O) groups is 1. The van der Waals surface area contributed by atoms with Crippen LogP contribution >= 0.6 is 15.9 Å². The highest BCUT2D eigenvalue weighted by atomic mass is 79.9. The third kappa shape index (κ3) is 3.35. The fourth-order valence-corrected chi connectivity index (χ4v) is 2.62. The van der Waals surface area contributed by atoms with Crippen molar-refractivity contribution in [3.05, 3.63) is 35.4 Å². The molecule has 0 saturated carbocycles. The zero-order valence-corrected chi connectivity index (χ0v) is 12.4. The van der Waals surface area contributed by atoms with E-state index in [1.54, 1.807) is 0 Å². The Kier molecular flexibility index (Phi) is 4.81. The number of alkyl halides is 1. The predicted octanol–water partition coefficient (Wildman–Crippen LogP) is 2.94. The smallest absolute Gasteiger partial charge is 0.223 e. The van der Waals surface area contributed by atoms with Crippen molar-refractivity contribution in [2.75, 3.05) is 11.9 Å². The maximum Gasteiger partial charge on any atom is 0.223 e. The predicted molar refractivity (Wildman–Crippen MR) is 77.9 cm³/mol. The van der Waals surface area contributed by atoms with Crippen molar-refractivity contribution in [3.8, 4) is 0 Å². The van der Waals surface area contributed by atoms with Crippen LogP contribution < -0.4 is 5.32 Å². The quantitative estimate of drug-likeness (QED) is 0.851. The highest BCUT2D eigenvalue weighted by molar-refractivity contribution is 9.09. The van der Waals surface area contributed by atoms with E-state index >= 15 is 0 Å². The van der Waals surface area contributed by atoms with E-state index < -0.39 is 0 Å². The number of hydrogen-bond acceptors (Lipinski definition) is 1. The molecule has 2 atom stereocenters. The van der Waals surface area contributed by atoms with Crippen LogP contribution in [0.2, 0.25) is 0 Å². The Labute approximate surface area is 117 Å². The molecule has 0 heterocycles. The van der Waals surface area contributed by atoms with Gasteiger partial charge in [0.2, 0.25) is 5.91 Å². The average Bonchev–Trinajstić information content (AvgIpc) is 2.43. The molecule has 0 radical (unpaired) electrons. The van der Waals surface area contributed by atoms with Gasteiger partial charge in [-0.05, 0) is 36.3 Å². The topological polar surface area (TPSA) is 29.1 Å². The summed E-state index contributed by atoms with van der Waals surface area (Å²) in [6.45, 7) is 2.90. The molecule has 0 fully saturated rings.